The van der Waals surface area contributed by atoms with Crippen LogP contribution in [0.2, 0.25) is 0 Å². The number of nitrogens with zero attached hydrogens (tertiary/aromatic N) is 3. The molecule has 6 nitrogen and oxygen atoms in total. The van der Waals surface area contributed by atoms with Gasteiger partial charge >= 0.3 is 0 Å². The van der Waals surface area contributed by atoms with E-state index in [1.54, 1.807) is 24.3 Å². The molecule has 1 aliphatic carbocycles. The molecule has 1 heterocycles. The summed E-state index contributed by atoms with van der Waals surface area (Å²) in [5.41, 5.74) is 0.390. The van der Waals surface area contributed by atoms with E-state index in [1.165, 1.54) is 36.8 Å². The van der Waals surface area contributed by atoms with E-state index >= 15 is 0 Å². The van der Waals surface area contributed by atoms with Gasteiger partial charge in [0.25, 0.3) is 15.2 Å². The molecule has 0 spiro atoms. The molecule has 0 unspecified atom stereocenters. The van der Waals surface area contributed by atoms with Gasteiger partial charge in [-0.15, -0.1) is 0 Å². The van der Waals surface area contributed by atoms with E-state index in [-0.39, 0.29) is 4.90 Å². The Kier molecular flexibility index (Phi) is 4.56. The number of ether oxygens (including phenoxy) is 1. The van der Waals surface area contributed by atoms with Crippen LogP contribution >= 0.6 is 11.5 Å². The molecule has 0 saturated heterocycles. The number of aromatic nitrogens is 2. The van der Waals surface area contributed by atoms with Gasteiger partial charge in [-0.2, -0.15) is 9.36 Å². The molecule has 0 bridgehead atoms. The second kappa shape index (κ2) is 6.90. The smallest absolute Gasteiger partial charge is 0.298 e. The van der Waals surface area contributed by atoms with Gasteiger partial charge in [0.2, 0.25) is 0 Å². The van der Waals surface area contributed by atoms with E-state index in [0.717, 1.165) is 29.0 Å². The molecule has 9 heteroatoms. The van der Waals surface area contributed by atoms with Crippen LogP contribution in [0.5, 0.6) is 10.9 Å². The summed E-state index contributed by atoms with van der Waals surface area (Å²) in [6.45, 7) is 0. The highest BCUT2D eigenvalue weighted by Gasteiger charge is 2.28. The molecular weight excluding hydrogens is 389 g/mol. The molecule has 1 aromatic heterocycles. The number of anilines is 1. The highest BCUT2D eigenvalue weighted by Crippen LogP contribution is 2.40. The number of benzene rings is 2. The minimum atomic E-state index is -4.00. The van der Waals surface area contributed by atoms with Gasteiger partial charge < -0.3 is 4.74 Å². The van der Waals surface area contributed by atoms with E-state index < -0.39 is 15.8 Å². The van der Waals surface area contributed by atoms with Gasteiger partial charge in [0.15, 0.2) is 0 Å². The summed E-state index contributed by atoms with van der Waals surface area (Å²) in [5, 5.41) is 0.456. The standard InChI is InChI=1S/C18H16FN3O3S2/c1-22(27(23,24)16-5-3-2-4-15(16)19)13-8-10-14(11-9-13)25-18-20-17(21-26-18)12-6-7-12/h2-5,8-12H,6-7H2,1H3. The summed E-state index contributed by atoms with van der Waals surface area (Å²) >= 11 is 1.20. The zero-order chi connectivity index (χ0) is 19.0. The van der Waals surface area contributed by atoms with Gasteiger partial charge in [-0.1, -0.05) is 12.1 Å². The van der Waals surface area contributed by atoms with Crippen LogP contribution in [-0.2, 0) is 10.0 Å². The van der Waals surface area contributed by atoms with E-state index in [1.807, 2.05) is 0 Å². The Balaban J connectivity index is 1.51. The average Bonchev–Trinajstić information content (AvgIpc) is 3.41. The summed E-state index contributed by atoms with van der Waals surface area (Å²) in [5.74, 6) is 1.02. The Labute approximate surface area is 160 Å². The second-order valence-corrected chi connectivity index (χ2v) is 8.84. The zero-order valence-electron chi connectivity index (χ0n) is 14.4. The zero-order valence-corrected chi connectivity index (χ0v) is 16.0. The number of rotatable bonds is 6. The van der Waals surface area contributed by atoms with Crippen molar-refractivity contribution in [1.29, 1.82) is 0 Å². The van der Waals surface area contributed by atoms with E-state index in [0.29, 0.717) is 22.5 Å². The van der Waals surface area contributed by atoms with Gasteiger partial charge in [0.1, 0.15) is 22.3 Å². The van der Waals surface area contributed by atoms with Crippen LogP contribution in [0, 0.1) is 5.82 Å². The number of hydrogen-bond donors (Lipinski definition) is 0. The summed E-state index contributed by atoms with van der Waals surface area (Å²) < 4.78 is 50.2. The molecule has 4 rings (SSSR count). The Bertz CT molecular complexity index is 1060. The van der Waals surface area contributed by atoms with Crippen LogP contribution in [0.15, 0.2) is 53.4 Å². The normalized spacial score (nSPS) is 14.1. The quantitative estimate of drug-likeness (QED) is 0.615. The molecule has 0 aliphatic heterocycles. The first-order valence-corrected chi connectivity index (χ1v) is 10.5. The van der Waals surface area contributed by atoms with E-state index in [2.05, 4.69) is 9.36 Å². The van der Waals surface area contributed by atoms with Crippen molar-refractivity contribution in [2.45, 2.75) is 23.7 Å². The van der Waals surface area contributed by atoms with Crippen LogP contribution in [0.1, 0.15) is 24.6 Å². The van der Waals surface area contributed by atoms with Gasteiger partial charge in [0.05, 0.1) is 5.69 Å². The fraction of sp³-hybridized carbons (Fsp3) is 0.222. The SMILES string of the molecule is CN(c1ccc(Oc2nc(C3CC3)ns2)cc1)S(=O)(=O)c1ccccc1F. The minimum Gasteiger partial charge on any atom is -0.430 e. The maximum Gasteiger partial charge on any atom is 0.298 e. The third-order valence-corrected chi connectivity index (χ3v) is 6.67. The van der Waals surface area contributed by atoms with Crippen LogP contribution in [0.25, 0.3) is 0 Å². The van der Waals surface area contributed by atoms with Crippen molar-refractivity contribution < 1.29 is 17.5 Å². The first-order valence-electron chi connectivity index (χ1n) is 8.30. The Morgan fingerprint density at radius 1 is 1.15 bits per heavy atom. The Morgan fingerprint density at radius 2 is 1.85 bits per heavy atom. The number of sulfonamides is 1. The lowest BCUT2D eigenvalue weighted by Gasteiger charge is -2.20. The van der Waals surface area contributed by atoms with Crippen molar-refractivity contribution in [3.8, 4) is 10.9 Å². The molecule has 0 radical (unpaired) electrons. The van der Waals surface area contributed by atoms with Crippen LogP contribution < -0.4 is 9.04 Å². The third-order valence-electron chi connectivity index (χ3n) is 4.25. The van der Waals surface area contributed by atoms with Crippen LogP contribution in [-0.4, -0.2) is 24.8 Å². The maximum atomic E-state index is 13.9. The Hall–Kier alpha value is -2.52. The monoisotopic (exact) mass is 405 g/mol. The largest absolute Gasteiger partial charge is 0.430 e. The van der Waals surface area contributed by atoms with Gasteiger partial charge in [0, 0.05) is 24.5 Å². The lowest BCUT2D eigenvalue weighted by molar-refractivity contribution is 0.477. The highest BCUT2D eigenvalue weighted by atomic mass is 32.2. The van der Waals surface area contributed by atoms with Crippen molar-refractivity contribution in [1.82, 2.24) is 9.36 Å². The summed E-state index contributed by atoms with van der Waals surface area (Å²) in [6, 6.07) is 11.8. The Morgan fingerprint density at radius 3 is 2.52 bits per heavy atom. The lowest BCUT2D eigenvalue weighted by Crippen LogP contribution is -2.27. The summed E-state index contributed by atoms with van der Waals surface area (Å²) in [7, 11) is -2.62. The second-order valence-electron chi connectivity index (χ2n) is 6.19. The minimum absolute atomic E-state index is 0.366. The fourth-order valence-electron chi connectivity index (χ4n) is 2.53. The van der Waals surface area contributed by atoms with Crippen molar-refractivity contribution in [2.75, 3.05) is 11.4 Å². The van der Waals surface area contributed by atoms with Crippen molar-refractivity contribution in [2.24, 2.45) is 0 Å². The molecule has 1 fully saturated rings. The first-order chi connectivity index (χ1) is 12.9. The third kappa shape index (κ3) is 3.65. The molecule has 0 atom stereocenters. The predicted octanol–water partition coefficient (Wildman–Crippen LogP) is 4.17. The molecule has 0 amide bonds. The van der Waals surface area contributed by atoms with Crippen LogP contribution in [0.3, 0.4) is 0 Å². The summed E-state index contributed by atoms with van der Waals surface area (Å²) in [6.07, 6.45) is 2.24. The molecular formula is C18H16FN3O3S2. The summed E-state index contributed by atoms with van der Waals surface area (Å²) in [4.78, 5) is 3.98. The van der Waals surface area contributed by atoms with Gasteiger partial charge in [-0.3, -0.25) is 4.31 Å². The van der Waals surface area contributed by atoms with Crippen molar-refractivity contribution in [3.63, 3.8) is 0 Å². The lowest BCUT2D eigenvalue weighted by atomic mass is 10.3. The number of hydrogen-bond acceptors (Lipinski definition) is 6. The van der Waals surface area contributed by atoms with Gasteiger partial charge in [-0.25, -0.2) is 12.8 Å². The topological polar surface area (TPSA) is 72.4 Å². The maximum absolute atomic E-state index is 13.9. The van der Waals surface area contributed by atoms with E-state index in [9.17, 15) is 12.8 Å². The first kappa shape index (κ1) is 17.9. The molecule has 3 aromatic rings. The molecule has 0 N–H and O–H groups in total. The molecule has 1 saturated carbocycles. The highest BCUT2D eigenvalue weighted by molar-refractivity contribution is 7.92. The average molecular weight is 405 g/mol. The molecule has 2 aromatic carbocycles. The van der Waals surface area contributed by atoms with Gasteiger partial charge in [-0.05, 0) is 49.2 Å². The van der Waals surface area contributed by atoms with Crippen molar-refractivity contribution >= 4 is 27.2 Å². The molecule has 140 valence electrons. The fourth-order valence-corrected chi connectivity index (χ4v) is 4.42. The number of halogens is 1. The van der Waals surface area contributed by atoms with Crippen LogP contribution in [0.4, 0.5) is 10.1 Å². The molecule has 27 heavy (non-hydrogen) atoms. The predicted molar refractivity (Wildman–Crippen MR) is 100 cm³/mol. The van der Waals surface area contributed by atoms with Crippen molar-refractivity contribution in [3.05, 3.63) is 60.2 Å². The molecule has 1 aliphatic rings. The van der Waals surface area contributed by atoms with E-state index in [4.69, 9.17) is 4.74 Å².